The lowest BCUT2D eigenvalue weighted by Gasteiger charge is -1.93. The van der Waals surface area contributed by atoms with E-state index in [1.807, 2.05) is 0 Å². The second kappa shape index (κ2) is 8.22. The van der Waals surface area contributed by atoms with Crippen molar-refractivity contribution in [3.05, 3.63) is 0 Å². The van der Waals surface area contributed by atoms with Crippen LogP contribution in [0.5, 0.6) is 0 Å². The molecule has 0 aliphatic carbocycles. The summed E-state index contributed by atoms with van der Waals surface area (Å²) in [6.07, 6.45) is 10.3. The predicted molar refractivity (Wildman–Crippen MR) is 54.5 cm³/mol. The standard InChI is InChI=1S/C12H18/c1-4-5-6-7-8-9-10-11-12(2)3/h1,12H,5-8,11H2,2-3H3. The van der Waals surface area contributed by atoms with E-state index in [9.17, 15) is 0 Å². The van der Waals surface area contributed by atoms with Gasteiger partial charge in [0.2, 0.25) is 0 Å². The van der Waals surface area contributed by atoms with Crippen LogP contribution in [0.1, 0.15) is 46.0 Å². The summed E-state index contributed by atoms with van der Waals surface area (Å²) in [6, 6.07) is 0. The zero-order valence-electron chi connectivity index (χ0n) is 8.19. The molecule has 0 saturated carbocycles. The highest BCUT2D eigenvalue weighted by atomic mass is 13.9. The van der Waals surface area contributed by atoms with E-state index in [1.54, 1.807) is 0 Å². The molecule has 0 nitrogen and oxygen atoms in total. The van der Waals surface area contributed by atoms with E-state index in [2.05, 4.69) is 31.6 Å². The smallest absolute Gasteiger partial charge is 0.0112 e. The molecule has 0 rings (SSSR count). The van der Waals surface area contributed by atoms with Gasteiger partial charge < -0.3 is 0 Å². The molecule has 0 radical (unpaired) electrons. The fourth-order valence-electron chi connectivity index (χ4n) is 0.805. The Morgan fingerprint density at radius 2 is 1.75 bits per heavy atom. The van der Waals surface area contributed by atoms with Crippen molar-refractivity contribution in [3.8, 4) is 24.2 Å². The van der Waals surface area contributed by atoms with Gasteiger partial charge in [-0.25, -0.2) is 0 Å². The molecule has 0 aliphatic heterocycles. The molecule has 0 bridgehead atoms. The predicted octanol–water partition coefficient (Wildman–Crippen LogP) is 3.23. The van der Waals surface area contributed by atoms with Gasteiger partial charge in [-0.15, -0.1) is 24.2 Å². The first-order chi connectivity index (χ1) is 5.77. The lowest BCUT2D eigenvalue weighted by molar-refractivity contribution is 0.675. The van der Waals surface area contributed by atoms with Gasteiger partial charge in [-0.1, -0.05) is 13.8 Å². The van der Waals surface area contributed by atoms with Gasteiger partial charge in [-0.05, 0) is 18.8 Å². The van der Waals surface area contributed by atoms with E-state index in [1.165, 1.54) is 0 Å². The van der Waals surface area contributed by atoms with Crippen molar-refractivity contribution >= 4 is 0 Å². The van der Waals surface area contributed by atoms with E-state index in [-0.39, 0.29) is 0 Å². The molecule has 0 aromatic rings. The Kier molecular flexibility index (Phi) is 7.62. The second-order valence-electron chi connectivity index (χ2n) is 3.36. The van der Waals surface area contributed by atoms with Crippen molar-refractivity contribution in [2.45, 2.75) is 46.0 Å². The highest BCUT2D eigenvalue weighted by molar-refractivity contribution is 4.99. The van der Waals surface area contributed by atoms with Crippen molar-refractivity contribution in [3.63, 3.8) is 0 Å². The van der Waals surface area contributed by atoms with Gasteiger partial charge in [-0.3, -0.25) is 0 Å². The van der Waals surface area contributed by atoms with E-state index >= 15 is 0 Å². The third-order valence-corrected chi connectivity index (χ3v) is 1.51. The minimum absolute atomic E-state index is 0.697. The van der Waals surface area contributed by atoms with Crippen molar-refractivity contribution in [2.75, 3.05) is 0 Å². The maximum Gasteiger partial charge on any atom is 0.0112 e. The Hall–Kier alpha value is -0.880. The molecular formula is C12H18. The number of terminal acetylenes is 1. The molecule has 0 saturated heterocycles. The summed E-state index contributed by atoms with van der Waals surface area (Å²) < 4.78 is 0. The third-order valence-electron chi connectivity index (χ3n) is 1.51. The van der Waals surface area contributed by atoms with Crippen molar-refractivity contribution in [1.82, 2.24) is 0 Å². The molecule has 0 atom stereocenters. The molecule has 0 aliphatic rings. The molecule has 0 aromatic carbocycles. The van der Waals surface area contributed by atoms with Gasteiger partial charge in [0.05, 0.1) is 0 Å². The Bertz CT molecular complexity index is 182. The first-order valence-electron chi connectivity index (χ1n) is 4.66. The van der Waals surface area contributed by atoms with Crippen molar-refractivity contribution in [1.29, 1.82) is 0 Å². The molecule has 0 N–H and O–H groups in total. The summed E-state index contributed by atoms with van der Waals surface area (Å²) in [6.45, 7) is 4.38. The van der Waals surface area contributed by atoms with Gasteiger partial charge in [0.25, 0.3) is 0 Å². The van der Waals surface area contributed by atoms with Crippen molar-refractivity contribution < 1.29 is 0 Å². The summed E-state index contributed by atoms with van der Waals surface area (Å²) in [7, 11) is 0. The van der Waals surface area contributed by atoms with Crippen LogP contribution < -0.4 is 0 Å². The van der Waals surface area contributed by atoms with Gasteiger partial charge >= 0.3 is 0 Å². The molecule has 0 amide bonds. The summed E-state index contributed by atoms with van der Waals surface area (Å²) in [5.41, 5.74) is 0. The van der Waals surface area contributed by atoms with E-state index in [0.717, 1.165) is 32.1 Å². The van der Waals surface area contributed by atoms with Gasteiger partial charge in [-0.2, -0.15) is 0 Å². The third kappa shape index (κ3) is 9.12. The van der Waals surface area contributed by atoms with Gasteiger partial charge in [0.1, 0.15) is 0 Å². The Labute approximate surface area is 76.8 Å². The van der Waals surface area contributed by atoms with Crippen LogP contribution in [0.4, 0.5) is 0 Å². The second-order valence-corrected chi connectivity index (χ2v) is 3.36. The number of hydrogen-bond donors (Lipinski definition) is 0. The minimum Gasteiger partial charge on any atom is -0.120 e. The lowest BCUT2D eigenvalue weighted by atomic mass is 10.1. The maximum atomic E-state index is 5.12. The van der Waals surface area contributed by atoms with Crippen LogP contribution in [-0.4, -0.2) is 0 Å². The number of unbranched alkanes of at least 4 members (excludes halogenated alkanes) is 3. The SMILES string of the molecule is C#CCCCCC#CCC(C)C. The molecule has 0 heteroatoms. The lowest BCUT2D eigenvalue weighted by Crippen LogP contribution is -1.81. The van der Waals surface area contributed by atoms with Gasteiger partial charge in [0.15, 0.2) is 0 Å². The summed E-state index contributed by atoms with van der Waals surface area (Å²) in [5, 5.41) is 0. The first-order valence-corrected chi connectivity index (χ1v) is 4.66. The molecule has 0 fully saturated rings. The quantitative estimate of drug-likeness (QED) is 0.440. The number of hydrogen-bond acceptors (Lipinski definition) is 0. The van der Waals surface area contributed by atoms with E-state index in [4.69, 9.17) is 6.42 Å². The fraction of sp³-hybridized carbons (Fsp3) is 0.667. The summed E-state index contributed by atoms with van der Waals surface area (Å²) in [5.74, 6) is 9.64. The van der Waals surface area contributed by atoms with Crippen LogP contribution in [0.25, 0.3) is 0 Å². The largest absolute Gasteiger partial charge is 0.120 e. The molecule has 12 heavy (non-hydrogen) atoms. The van der Waals surface area contributed by atoms with Gasteiger partial charge in [0, 0.05) is 19.3 Å². The molecule has 0 spiro atoms. The van der Waals surface area contributed by atoms with Crippen molar-refractivity contribution in [2.24, 2.45) is 5.92 Å². The molecule has 0 aromatic heterocycles. The Balaban J connectivity index is 3.17. The Morgan fingerprint density at radius 1 is 1.08 bits per heavy atom. The zero-order valence-corrected chi connectivity index (χ0v) is 8.19. The topological polar surface area (TPSA) is 0 Å². The highest BCUT2D eigenvalue weighted by Crippen LogP contribution is 1.99. The van der Waals surface area contributed by atoms with Crippen LogP contribution >= 0.6 is 0 Å². The molecule has 0 heterocycles. The number of rotatable bonds is 4. The normalized spacial score (nSPS) is 8.83. The van der Waals surface area contributed by atoms with Crippen LogP contribution in [-0.2, 0) is 0 Å². The molecule has 66 valence electrons. The zero-order chi connectivity index (χ0) is 9.23. The van der Waals surface area contributed by atoms with Crippen LogP contribution in [0.15, 0.2) is 0 Å². The fourth-order valence-corrected chi connectivity index (χ4v) is 0.805. The van der Waals surface area contributed by atoms with Crippen LogP contribution in [0.3, 0.4) is 0 Å². The highest BCUT2D eigenvalue weighted by Gasteiger charge is 1.86. The van der Waals surface area contributed by atoms with Crippen LogP contribution in [0, 0.1) is 30.1 Å². The summed E-state index contributed by atoms with van der Waals surface area (Å²) >= 11 is 0. The average Bonchev–Trinajstić information content (AvgIpc) is 2.02. The van der Waals surface area contributed by atoms with E-state index in [0.29, 0.717) is 5.92 Å². The maximum absolute atomic E-state index is 5.12. The Morgan fingerprint density at radius 3 is 2.33 bits per heavy atom. The first kappa shape index (κ1) is 11.1. The van der Waals surface area contributed by atoms with E-state index < -0.39 is 0 Å². The average molecular weight is 162 g/mol. The summed E-state index contributed by atoms with van der Waals surface area (Å²) in [4.78, 5) is 0. The monoisotopic (exact) mass is 162 g/mol. The minimum atomic E-state index is 0.697. The molecule has 0 unspecified atom stereocenters. The van der Waals surface area contributed by atoms with Crippen LogP contribution in [0.2, 0.25) is 0 Å². The molecular weight excluding hydrogens is 144 g/mol.